The van der Waals surface area contributed by atoms with Crippen molar-refractivity contribution in [1.29, 1.82) is 0 Å². The first-order chi connectivity index (χ1) is 13.5. The third-order valence-electron chi connectivity index (χ3n) is 3.98. The predicted octanol–water partition coefficient (Wildman–Crippen LogP) is -0.896. The van der Waals surface area contributed by atoms with E-state index in [2.05, 4.69) is 10.9 Å². The molecular formula is C19H22N2O8. The molecule has 0 aliphatic carbocycles. The van der Waals surface area contributed by atoms with Crippen LogP contribution in [-0.2, 0) is 19.2 Å². The van der Waals surface area contributed by atoms with Crippen LogP contribution in [0, 0.1) is 5.92 Å². The van der Waals surface area contributed by atoms with E-state index in [-0.39, 0.29) is 5.56 Å². The molecule has 29 heavy (non-hydrogen) atoms. The summed E-state index contributed by atoms with van der Waals surface area (Å²) < 4.78 is 0. The number of amides is 1. The van der Waals surface area contributed by atoms with Crippen LogP contribution in [0.3, 0.4) is 0 Å². The highest BCUT2D eigenvalue weighted by molar-refractivity contribution is 6.41. The quantitative estimate of drug-likeness (QED) is 0.178. The number of carbonyl (C=O) groups is 5. The van der Waals surface area contributed by atoms with Crippen LogP contribution < -0.4 is 10.9 Å². The summed E-state index contributed by atoms with van der Waals surface area (Å²) in [5.74, 6) is -5.35. The van der Waals surface area contributed by atoms with Crippen LogP contribution in [0.1, 0.15) is 29.8 Å². The van der Waals surface area contributed by atoms with Gasteiger partial charge in [-0.3, -0.25) is 24.6 Å². The van der Waals surface area contributed by atoms with Gasteiger partial charge in [0, 0.05) is 18.4 Å². The van der Waals surface area contributed by atoms with Crippen molar-refractivity contribution in [3.63, 3.8) is 0 Å². The minimum atomic E-state index is -2.10. The molecule has 0 heterocycles. The van der Waals surface area contributed by atoms with Crippen LogP contribution in [0.15, 0.2) is 30.3 Å². The van der Waals surface area contributed by atoms with Gasteiger partial charge in [-0.1, -0.05) is 25.1 Å². The molecule has 0 bridgehead atoms. The number of rotatable bonds is 11. The van der Waals surface area contributed by atoms with Gasteiger partial charge in [0.1, 0.15) is 6.10 Å². The summed E-state index contributed by atoms with van der Waals surface area (Å²) in [5.41, 5.74) is 5.34. The zero-order valence-corrected chi connectivity index (χ0v) is 15.8. The number of hydrazine groups is 1. The lowest BCUT2D eigenvalue weighted by molar-refractivity contribution is -0.156. The number of hydrogen-bond donors (Lipinski definition) is 5. The number of carboxylic acids is 1. The van der Waals surface area contributed by atoms with E-state index in [4.69, 9.17) is 5.11 Å². The number of hydrogen-bond acceptors (Lipinski definition) is 8. The van der Waals surface area contributed by atoms with Crippen LogP contribution >= 0.6 is 0 Å². The summed E-state index contributed by atoms with van der Waals surface area (Å²) >= 11 is 0. The largest absolute Gasteiger partial charge is 0.479 e. The second-order valence-corrected chi connectivity index (χ2v) is 6.22. The van der Waals surface area contributed by atoms with Crippen molar-refractivity contribution < 1.29 is 39.3 Å². The van der Waals surface area contributed by atoms with E-state index < -0.39 is 53.9 Å². The molecule has 0 radical (unpaired) electrons. The predicted molar refractivity (Wildman–Crippen MR) is 100 cm³/mol. The molecule has 10 nitrogen and oxygen atoms in total. The zero-order valence-electron chi connectivity index (χ0n) is 15.8. The van der Waals surface area contributed by atoms with Crippen molar-refractivity contribution in [1.82, 2.24) is 10.9 Å². The molecule has 10 heteroatoms. The summed E-state index contributed by atoms with van der Waals surface area (Å²) in [6.07, 6.45) is -1.42. The Labute approximate surface area is 166 Å². The summed E-state index contributed by atoms with van der Waals surface area (Å²) in [4.78, 5) is 56.9. The van der Waals surface area contributed by atoms with Gasteiger partial charge in [-0.2, -0.15) is 0 Å². The molecule has 1 aromatic carbocycles. The molecular weight excluding hydrogens is 384 g/mol. The third-order valence-corrected chi connectivity index (χ3v) is 3.98. The maximum Gasteiger partial charge on any atom is 0.335 e. The molecule has 3 unspecified atom stereocenters. The highest BCUT2D eigenvalue weighted by Gasteiger charge is 2.32. The van der Waals surface area contributed by atoms with E-state index >= 15 is 0 Å². The molecule has 0 spiro atoms. The van der Waals surface area contributed by atoms with Gasteiger partial charge < -0.3 is 15.3 Å². The molecule has 1 rings (SSSR count). The molecule has 0 aromatic heterocycles. The number of Topliss-reactive ketones (excluding diaryl/α,β-unsaturated/α-hetero) is 2. The summed E-state index contributed by atoms with van der Waals surface area (Å²) in [6, 6.07) is 6.12. The van der Waals surface area contributed by atoms with Crippen molar-refractivity contribution in [3.8, 4) is 0 Å². The monoisotopic (exact) mass is 406 g/mol. The number of carboxylic acid groups (broad SMARTS) is 1. The summed E-state index contributed by atoms with van der Waals surface area (Å²) in [7, 11) is 0. The Hall–Kier alpha value is -3.21. The number of nitrogens with one attached hydrogen (secondary N) is 2. The van der Waals surface area contributed by atoms with Crippen LogP contribution in [0.5, 0.6) is 0 Å². The summed E-state index contributed by atoms with van der Waals surface area (Å²) in [6.45, 7) is 1.98. The van der Waals surface area contributed by atoms with Crippen molar-refractivity contribution in [3.05, 3.63) is 41.5 Å². The Morgan fingerprint density at radius 3 is 2.38 bits per heavy atom. The number of aliphatic hydroxyl groups excluding tert-OH is 2. The smallest absolute Gasteiger partial charge is 0.335 e. The normalized spacial score (nSPS) is 14.1. The van der Waals surface area contributed by atoms with E-state index in [0.29, 0.717) is 5.56 Å². The molecule has 0 aliphatic rings. The Balaban J connectivity index is 2.62. The number of benzene rings is 1. The number of ketones is 3. The lowest BCUT2D eigenvalue weighted by Gasteiger charge is -2.20. The Kier molecular flexibility index (Phi) is 9.00. The Morgan fingerprint density at radius 1 is 1.14 bits per heavy atom. The lowest BCUT2D eigenvalue weighted by atomic mass is 9.95. The van der Waals surface area contributed by atoms with Gasteiger partial charge in [-0.05, 0) is 23.8 Å². The van der Waals surface area contributed by atoms with E-state index in [0.717, 1.165) is 13.0 Å². The van der Waals surface area contributed by atoms with Gasteiger partial charge in [0.25, 0.3) is 5.91 Å². The van der Waals surface area contributed by atoms with Crippen molar-refractivity contribution in [2.45, 2.75) is 26.1 Å². The maximum absolute atomic E-state index is 12.1. The van der Waals surface area contributed by atoms with Gasteiger partial charge in [0.05, 0.1) is 6.54 Å². The van der Waals surface area contributed by atoms with Crippen LogP contribution in [-0.4, -0.2) is 63.3 Å². The fraction of sp³-hybridized carbons (Fsp3) is 0.316. The van der Waals surface area contributed by atoms with Gasteiger partial charge in [-0.25, -0.2) is 10.2 Å². The minimum absolute atomic E-state index is 0.205. The van der Waals surface area contributed by atoms with Crippen LogP contribution in [0.2, 0.25) is 0 Å². The van der Waals surface area contributed by atoms with Crippen LogP contribution in [0.25, 0.3) is 6.08 Å². The lowest BCUT2D eigenvalue weighted by Crippen LogP contribution is -2.46. The Morgan fingerprint density at radius 2 is 1.79 bits per heavy atom. The van der Waals surface area contributed by atoms with Gasteiger partial charge in [-0.15, -0.1) is 0 Å². The number of allylic oxidation sites excluding steroid dienone is 1. The average Bonchev–Trinajstić information content (AvgIpc) is 2.69. The number of aliphatic carboxylic acids is 1. The molecule has 1 aromatic rings. The average molecular weight is 406 g/mol. The van der Waals surface area contributed by atoms with Crippen molar-refractivity contribution in [2.75, 3.05) is 6.54 Å². The third kappa shape index (κ3) is 7.37. The SMILES string of the molecule is CC(=O)C(=O)/C=C/c1cccc(C(=O)NNCC(=O)C(C)C(O)C(O)C(=O)O)c1. The molecule has 0 fully saturated rings. The zero-order chi connectivity index (χ0) is 22.1. The highest BCUT2D eigenvalue weighted by atomic mass is 16.4. The van der Waals surface area contributed by atoms with Gasteiger partial charge >= 0.3 is 5.97 Å². The first-order valence-corrected chi connectivity index (χ1v) is 8.52. The van der Waals surface area contributed by atoms with Crippen LogP contribution in [0.4, 0.5) is 0 Å². The van der Waals surface area contributed by atoms with Crippen molar-refractivity contribution in [2.24, 2.45) is 5.92 Å². The highest BCUT2D eigenvalue weighted by Crippen LogP contribution is 2.09. The molecule has 0 aliphatic heterocycles. The van der Waals surface area contributed by atoms with E-state index in [1.165, 1.54) is 25.1 Å². The van der Waals surface area contributed by atoms with Gasteiger partial charge in [0.15, 0.2) is 17.7 Å². The maximum atomic E-state index is 12.1. The second-order valence-electron chi connectivity index (χ2n) is 6.22. The Bertz CT molecular complexity index is 833. The fourth-order valence-electron chi connectivity index (χ4n) is 2.13. The second kappa shape index (κ2) is 11.0. The van der Waals surface area contributed by atoms with Crippen molar-refractivity contribution >= 4 is 35.3 Å². The fourth-order valence-corrected chi connectivity index (χ4v) is 2.13. The molecule has 0 saturated heterocycles. The number of carbonyl (C=O) groups excluding carboxylic acids is 4. The minimum Gasteiger partial charge on any atom is -0.479 e. The van der Waals surface area contributed by atoms with E-state index in [1.54, 1.807) is 12.1 Å². The standard InChI is InChI=1S/C19H22N2O8/c1-10(16(25)17(26)19(28)29)15(24)9-20-21-18(27)13-5-3-4-12(8-13)6-7-14(23)11(2)22/h3-8,10,16-17,20,25-26H,9H2,1-2H3,(H,21,27)(H,28,29)/b7-6+. The summed E-state index contributed by atoms with van der Waals surface area (Å²) in [5, 5.41) is 27.6. The number of aliphatic hydroxyl groups is 2. The first-order valence-electron chi connectivity index (χ1n) is 8.52. The van der Waals surface area contributed by atoms with Gasteiger partial charge in [0.2, 0.25) is 5.78 Å². The first kappa shape index (κ1) is 23.8. The topological polar surface area (TPSA) is 170 Å². The molecule has 3 atom stereocenters. The molecule has 156 valence electrons. The van der Waals surface area contributed by atoms with E-state index in [1.807, 2.05) is 0 Å². The molecule has 5 N–H and O–H groups in total. The van der Waals surface area contributed by atoms with E-state index in [9.17, 15) is 34.2 Å². The molecule has 0 saturated carbocycles. The molecule has 1 amide bonds.